The second kappa shape index (κ2) is 13.9. The van der Waals surface area contributed by atoms with Crippen LogP contribution in [0.4, 0.5) is 45.5 Å². The molecule has 1 saturated carbocycles. The predicted octanol–water partition coefficient (Wildman–Crippen LogP) is 14.9. The van der Waals surface area contributed by atoms with Crippen LogP contribution in [-0.4, -0.2) is 12.3 Å². The first-order chi connectivity index (χ1) is 31.5. The standard InChI is InChI=1S/C61H62BN3O/c1-37-31-39(3)55-51(32-37)65(61(11)30-15-14-29-60(55,61)10)43-26-27-46-50(36-43)64(49-19-16-18-45-44-17-12-13-20-54(44)66-57(45)49)53-34-38(2)33-52-56(53)62(46)47-35-41(59(7,8)9)23-28-48(47)63(52)42-24-21-40(22-25-42)58(4,5)6/h12-13,16-28,31-36H,14-15,29-30H2,1-11H3. The maximum Gasteiger partial charge on any atom is 0.252 e. The summed E-state index contributed by atoms with van der Waals surface area (Å²) >= 11 is 0. The molecule has 12 rings (SSSR count). The summed E-state index contributed by atoms with van der Waals surface area (Å²) in [6, 6.07) is 49.2. The highest BCUT2D eigenvalue weighted by molar-refractivity contribution is 7.00. The number of para-hydroxylation sites is 2. The van der Waals surface area contributed by atoms with Gasteiger partial charge in [0.05, 0.1) is 11.2 Å². The molecule has 2 unspecified atom stereocenters. The fourth-order valence-corrected chi connectivity index (χ4v) is 13.1. The molecular weight excluding hydrogens is 802 g/mol. The average molecular weight is 864 g/mol. The molecule has 1 fully saturated rings. The maximum absolute atomic E-state index is 6.97. The van der Waals surface area contributed by atoms with Crippen molar-refractivity contribution in [3.05, 3.63) is 161 Å². The van der Waals surface area contributed by atoms with E-state index < -0.39 is 0 Å². The molecule has 0 bridgehead atoms. The molecule has 5 heteroatoms. The average Bonchev–Trinajstić information content (AvgIpc) is 3.75. The van der Waals surface area contributed by atoms with Gasteiger partial charge < -0.3 is 19.1 Å². The number of hydrogen-bond donors (Lipinski definition) is 0. The number of rotatable bonds is 3. The minimum Gasteiger partial charge on any atom is -0.454 e. The van der Waals surface area contributed by atoms with Crippen molar-refractivity contribution in [3.8, 4) is 0 Å². The number of fused-ring (bicyclic) bond motifs is 10. The van der Waals surface area contributed by atoms with Gasteiger partial charge in [-0.25, -0.2) is 0 Å². The first-order valence-electron chi connectivity index (χ1n) is 24.4. The molecule has 4 heterocycles. The maximum atomic E-state index is 6.97. The molecule has 0 amide bonds. The molecule has 1 aromatic heterocycles. The van der Waals surface area contributed by atoms with Crippen molar-refractivity contribution in [2.45, 2.75) is 124 Å². The second-order valence-electron chi connectivity index (χ2n) is 22.8. The van der Waals surface area contributed by atoms with Crippen molar-refractivity contribution < 1.29 is 4.42 Å². The summed E-state index contributed by atoms with van der Waals surface area (Å²) in [6.07, 6.45) is 4.85. The van der Waals surface area contributed by atoms with E-state index in [0.717, 1.165) is 34.0 Å². The third kappa shape index (κ3) is 5.71. The van der Waals surface area contributed by atoms with E-state index in [4.69, 9.17) is 4.42 Å². The van der Waals surface area contributed by atoms with Gasteiger partial charge in [-0.2, -0.15) is 0 Å². The van der Waals surface area contributed by atoms with Crippen LogP contribution >= 0.6 is 0 Å². The Labute approximate surface area is 392 Å². The number of anilines is 8. The fourth-order valence-electron chi connectivity index (χ4n) is 13.1. The van der Waals surface area contributed by atoms with Crippen molar-refractivity contribution in [2.75, 3.05) is 14.7 Å². The van der Waals surface area contributed by atoms with Crippen molar-refractivity contribution >= 4 is 90.5 Å². The Kier molecular flexibility index (Phi) is 8.70. The highest BCUT2D eigenvalue weighted by Crippen LogP contribution is 2.62. The molecule has 4 aliphatic rings. The first kappa shape index (κ1) is 41.3. The summed E-state index contributed by atoms with van der Waals surface area (Å²) < 4.78 is 6.97. The molecule has 7 aromatic carbocycles. The van der Waals surface area contributed by atoms with Crippen molar-refractivity contribution in [3.63, 3.8) is 0 Å². The van der Waals surface area contributed by atoms with E-state index in [1.54, 1.807) is 0 Å². The van der Waals surface area contributed by atoms with E-state index in [9.17, 15) is 0 Å². The van der Waals surface area contributed by atoms with Crippen molar-refractivity contribution in [1.29, 1.82) is 0 Å². The number of hydrogen-bond acceptors (Lipinski definition) is 4. The molecule has 0 spiro atoms. The molecule has 8 aromatic rings. The first-order valence-corrected chi connectivity index (χ1v) is 24.4. The van der Waals surface area contributed by atoms with Crippen LogP contribution in [0.2, 0.25) is 0 Å². The van der Waals surface area contributed by atoms with Crippen LogP contribution in [0.1, 0.15) is 114 Å². The Balaban J connectivity index is 1.17. The van der Waals surface area contributed by atoms with Crippen LogP contribution in [0.5, 0.6) is 0 Å². The third-order valence-electron chi connectivity index (χ3n) is 16.5. The largest absolute Gasteiger partial charge is 0.454 e. The lowest BCUT2D eigenvalue weighted by molar-refractivity contribution is 0.194. The van der Waals surface area contributed by atoms with E-state index in [-0.39, 0.29) is 28.5 Å². The van der Waals surface area contributed by atoms with Crippen LogP contribution in [0.15, 0.2) is 132 Å². The monoisotopic (exact) mass is 863 g/mol. The van der Waals surface area contributed by atoms with Gasteiger partial charge in [0.2, 0.25) is 0 Å². The van der Waals surface area contributed by atoms with Gasteiger partial charge in [0.15, 0.2) is 5.58 Å². The molecule has 3 aliphatic heterocycles. The molecule has 0 radical (unpaired) electrons. The van der Waals surface area contributed by atoms with E-state index in [0.29, 0.717) is 0 Å². The SMILES string of the molecule is Cc1cc2c3c(c1)N(c1cccc4c1oc1ccccc14)c1cc(N4c5cc(C)cc(C)c5C5(C)CCCCC45C)ccc1B3c1cc(C(C)(C)C)ccc1N2c1ccc(C(C)(C)C)cc1. The summed E-state index contributed by atoms with van der Waals surface area (Å²) in [5.41, 5.74) is 23.7. The highest BCUT2D eigenvalue weighted by Gasteiger charge is 2.58. The zero-order valence-corrected chi connectivity index (χ0v) is 40.8. The Morgan fingerprint density at radius 1 is 0.530 bits per heavy atom. The van der Waals surface area contributed by atoms with Gasteiger partial charge in [-0.1, -0.05) is 128 Å². The Bertz CT molecular complexity index is 3330. The minimum absolute atomic E-state index is 0.000869. The van der Waals surface area contributed by atoms with Crippen LogP contribution in [0.25, 0.3) is 21.9 Å². The summed E-state index contributed by atoms with van der Waals surface area (Å²) in [5, 5.41) is 2.28. The number of benzene rings is 7. The van der Waals surface area contributed by atoms with Crippen molar-refractivity contribution in [1.82, 2.24) is 0 Å². The quantitative estimate of drug-likeness (QED) is 0.165. The van der Waals surface area contributed by atoms with E-state index in [1.165, 1.54) is 109 Å². The number of furan rings is 1. The van der Waals surface area contributed by atoms with Gasteiger partial charge in [-0.05, 0) is 162 Å². The highest BCUT2D eigenvalue weighted by atomic mass is 16.3. The smallest absolute Gasteiger partial charge is 0.252 e. The molecule has 0 saturated heterocycles. The summed E-state index contributed by atoms with van der Waals surface area (Å²) in [5.74, 6) is 0. The lowest BCUT2D eigenvalue weighted by atomic mass is 9.33. The predicted molar refractivity (Wildman–Crippen MR) is 282 cm³/mol. The van der Waals surface area contributed by atoms with Gasteiger partial charge in [0, 0.05) is 56.0 Å². The van der Waals surface area contributed by atoms with Gasteiger partial charge in [0.1, 0.15) is 5.58 Å². The Morgan fingerprint density at radius 3 is 1.94 bits per heavy atom. The lowest BCUT2D eigenvalue weighted by Gasteiger charge is -2.51. The van der Waals surface area contributed by atoms with Crippen LogP contribution in [0, 0.1) is 20.8 Å². The second-order valence-corrected chi connectivity index (χ2v) is 22.8. The van der Waals surface area contributed by atoms with Gasteiger partial charge in [0.25, 0.3) is 6.71 Å². The van der Waals surface area contributed by atoms with Gasteiger partial charge in [-0.15, -0.1) is 0 Å². The fraction of sp³-hybridized carbons (Fsp3) is 0.311. The van der Waals surface area contributed by atoms with E-state index in [1.807, 2.05) is 0 Å². The van der Waals surface area contributed by atoms with Crippen molar-refractivity contribution in [2.24, 2.45) is 0 Å². The zero-order valence-electron chi connectivity index (χ0n) is 40.8. The Morgan fingerprint density at radius 2 is 1.18 bits per heavy atom. The summed E-state index contributed by atoms with van der Waals surface area (Å²) in [7, 11) is 0. The number of aryl methyl sites for hydroxylation is 3. The third-order valence-corrected chi connectivity index (χ3v) is 16.5. The molecule has 4 nitrogen and oxygen atoms in total. The van der Waals surface area contributed by atoms with Gasteiger partial charge in [-0.3, -0.25) is 0 Å². The molecule has 2 atom stereocenters. The molecule has 0 N–H and O–H groups in total. The normalized spacial score (nSPS) is 19.8. The van der Waals surface area contributed by atoms with Crippen LogP contribution in [0.3, 0.4) is 0 Å². The van der Waals surface area contributed by atoms with E-state index >= 15 is 0 Å². The van der Waals surface area contributed by atoms with Crippen LogP contribution < -0.4 is 31.1 Å². The molecular formula is C61H62BN3O. The summed E-state index contributed by atoms with van der Waals surface area (Å²) in [4.78, 5) is 7.90. The van der Waals surface area contributed by atoms with Gasteiger partial charge >= 0.3 is 0 Å². The minimum atomic E-state index is -0.0810. The summed E-state index contributed by atoms with van der Waals surface area (Å²) in [6.45, 7) is 25.9. The molecule has 66 heavy (non-hydrogen) atoms. The lowest BCUT2D eigenvalue weighted by Crippen LogP contribution is -2.61. The zero-order chi connectivity index (χ0) is 45.8. The number of nitrogens with zero attached hydrogens (tertiary/aromatic N) is 3. The topological polar surface area (TPSA) is 22.9 Å². The van der Waals surface area contributed by atoms with Crippen LogP contribution in [-0.2, 0) is 16.2 Å². The molecule has 330 valence electrons. The Hall–Kier alpha value is -6.20. The van der Waals surface area contributed by atoms with E-state index in [2.05, 4.69) is 218 Å². The molecule has 1 aliphatic carbocycles.